The van der Waals surface area contributed by atoms with Crippen LogP contribution in [0.3, 0.4) is 0 Å². The third-order valence-corrected chi connectivity index (χ3v) is 3.40. The lowest BCUT2D eigenvalue weighted by Crippen LogP contribution is -1.94. The number of fused-ring (bicyclic) bond motifs is 1. The van der Waals surface area contributed by atoms with Gasteiger partial charge in [0.1, 0.15) is 5.52 Å². The fourth-order valence-electron chi connectivity index (χ4n) is 1.82. The maximum absolute atomic E-state index is 5.92. The molecule has 0 atom stereocenters. The molecule has 0 aliphatic rings. The van der Waals surface area contributed by atoms with Crippen molar-refractivity contribution in [2.75, 3.05) is 11.5 Å². The number of benzene rings is 2. The van der Waals surface area contributed by atoms with Crippen LogP contribution < -0.4 is 11.5 Å². The second kappa shape index (κ2) is 4.33. The molecule has 0 saturated heterocycles. The number of aromatic nitrogens is 1. The highest BCUT2D eigenvalue weighted by Crippen LogP contribution is 2.33. The van der Waals surface area contributed by atoms with Crippen molar-refractivity contribution in [1.29, 1.82) is 0 Å². The number of halogens is 2. The Balaban J connectivity index is 2.19. The van der Waals surface area contributed by atoms with Gasteiger partial charge >= 0.3 is 0 Å². The fourth-order valence-corrected chi connectivity index (χ4v) is 2.09. The van der Waals surface area contributed by atoms with Crippen LogP contribution in [0.25, 0.3) is 22.6 Å². The van der Waals surface area contributed by atoms with Crippen molar-refractivity contribution >= 4 is 45.7 Å². The smallest absolute Gasteiger partial charge is 0.227 e. The minimum absolute atomic E-state index is 0.336. The molecule has 0 bridgehead atoms. The molecule has 4 N–H and O–H groups in total. The quantitative estimate of drug-likeness (QED) is 0.666. The number of nitrogen functional groups attached to an aromatic ring is 2. The van der Waals surface area contributed by atoms with E-state index in [1.54, 1.807) is 30.3 Å². The summed E-state index contributed by atoms with van der Waals surface area (Å²) in [6, 6.07) is 8.57. The van der Waals surface area contributed by atoms with E-state index in [4.69, 9.17) is 39.1 Å². The first kappa shape index (κ1) is 12.1. The average Bonchev–Trinajstić information content (AvgIpc) is 2.78. The van der Waals surface area contributed by atoms with Crippen LogP contribution in [0.2, 0.25) is 10.0 Å². The number of hydrogen-bond acceptors (Lipinski definition) is 4. The molecule has 1 aromatic heterocycles. The van der Waals surface area contributed by atoms with Gasteiger partial charge in [0.2, 0.25) is 5.89 Å². The lowest BCUT2D eigenvalue weighted by Gasteiger charge is -2.04. The van der Waals surface area contributed by atoms with Crippen LogP contribution in [0, 0.1) is 0 Å². The van der Waals surface area contributed by atoms with E-state index < -0.39 is 0 Å². The number of hydrogen-bond donors (Lipinski definition) is 2. The van der Waals surface area contributed by atoms with E-state index in [0.717, 1.165) is 0 Å². The standard InChI is InChI=1S/C13H9Cl2N3O/c14-7-1-2-11-10(5-7)18-13(19-11)6-3-8(16)12(15)9(17)4-6/h1-5H,16-17H2. The topological polar surface area (TPSA) is 78.1 Å². The Hall–Kier alpha value is -1.91. The summed E-state index contributed by atoms with van der Waals surface area (Å²) in [7, 11) is 0. The van der Waals surface area contributed by atoms with E-state index in [-0.39, 0.29) is 0 Å². The number of anilines is 2. The van der Waals surface area contributed by atoms with Gasteiger partial charge in [0.05, 0.1) is 16.4 Å². The molecule has 3 rings (SSSR count). The molecular weight excluding hydrogens is 285 g/mol. The molecule has 96 valence electrons. The third kappa shape index (κ3) is 2.09. The molecule has 19 heavy (non-hydrogen) atoms. The minimum atomic E-state index is 0.336. The zero-order valence-electron chi connectivity index (χ0n) is 9.65. The summed E-state index contributed by atoms with van der Waals surface area (Å²) in [5.74, 6) is 0.423. The predicted molar refractivity (Wildman–Crippen MR) is 78.3 cm³/mol. The van der Waals surface area contributed by atoms with Gasteiger partial charge in [-0.3, -0.25) is 0 Å². The van der Waals surface area contributed by atoms with E-state index in [1.807, 2.05) is 0 Å². The second-order valence-corrected chi connectivity index (χ2v) is 4.91. The molecule has 0 radical (unpaired) electrons. The van der Waals surface area contributed by atoms with E-state index in [9.17, 15) is 0 Å². The van der Waals surface area contributed by atoms with Gasteiger partial charge in [-0.2, -0.15) is 0 Å². The molecule has 0 amide bonds. The number of nitrogens with zero attached hydrogens (tertiary/aromatic N) is 1. The Morgan fingerprint density at radius 2 is 1.68 bits per heavy atom. The van der Waals surface area contributed by atoms with Crippen molar-refractivity contribution < 1.29 is 4.42 Å². The SMILES string of the molecule is Nc1cc(-c2nc3cc(Cl)ccc3o2)cc(N)c1Cl. The van der Waals surface area contributed by atoms with Crippen LogP contribution >= 0.6 is 23.2 Å². The first-order valence-corrected chi connectivity index (χ1v) is 6.21. The highest BCUT2D eigenvalue weighted by atomic mass is 35.5. The van der Waals surface area contributed by atoms with Crippen LogP contribution in [-0.2, 0) is 0 Å². The summed E-state index contributed by atoms with van der Waals surface area (Å²) < 4.78 is 5.63. The van der Waals surface area contributed by atoms with E-state index in [2.05, 4.69) is 4.98 Å². The van der Waals surface area contributed by atoms with E-state index in [1.165, 1.54) is 0 Å². The Labute approximate surface area is 118 Å². The van der Waals surface area contributed by atoms with Crippen molar-refractivity contribution in [1.82, 2.24) is 4.98 Å². The van der Waals surface area contributed by atoms with Gasteiger partial charge in [0.15, 0.2) is 5.58 Å². The number of rotatable bonds is 1. The second-order valence-electron chi connectivity index (χ2n) is 4.10. The molecule has 0 unspecified atom stereocenters. The van der Waals surface area contributed by atoms with Crippen LogP contribution in [0.5, 0.6) is 0 Å². The Bertz CT molecular complexity index is 760. The summed E-state index contributed by atoms with van der Waals surface area (Å²) in [5, 5.41) is 0.936. The highest BCUT2D eigenvalue weighted by Gasteiger charge is 2.12. The summed E-state index contributed by atoms with van der Waals surface area (Å²) in [6.07, 6.45) is 0. The zero-order chi connectivity index (χ0) is 13.6. The van der Waals surface area contributed by atoms with Gasteiger partial charge in [0.25, 0.3) is 0 Å². The first-order valence-electron chi connectivity index (χ1n) is 5.45. The normalized spacial score (nSPS) is 11.1. The molecule has 0 aliphatic heterocycles. The molecule has 0 saturated carbocycles. The molecule has 2 aromatic carbocycles. The lowest BCUT2D eigenvalue weighted by atomic mass is 10.2. The predicted octanol–water partition coefficient (Wildman–Crippen LogP) is 3.97. The molecule has 1 heterocycles. The molecule has 6 heteroatoms. The first-order chi connectivity index (χ1) is 9.04. The van der Waals surface area contributed by atoms with Crippen LogP contribution in [0.15, 0.2) is 34.7 Å². The maximum atomic E-state index is 5.92. The maximum Gasteiger partial charge on any atom is 0.227 e. The zero-order valence-corrected chi connectivity index (χ0v) is 11.2. The van der Waals surface area contributed by atoms with Crippen molar-refractivity contribution in [2.24, 2.45) is 0 Å². The molecular formula is C13H9Cl2N3O. The average molecular weight is 294 g/mol. The molecule has 4 nitrogen and oxygen atoms in total. The van der Waals surface area contributed by atoms with Crippen molar-refractivity contribution in [3.8, 4) is 11.5 Å². The number of nitrogens with two attached hydrogens (primary N) is 2. The summed E-state index contributed by atoms with van der Waals surface area (Å²) >= 11 is 11.8. The monoisotopic (exact) mass is 293 g/mol. The largest absolute Gasteiger partial charge is 0.436 e. The van der Waals surface area contributed by atoms with Crippen LogP contribution in [-0.4, -0.2) is 4.98 Å². The Kier molecular flexibility index (Phi) is 2.77. The summed E-state index contributed by atoms with van der Waals surface area (Å²) in [4.78, 5) is 4.35. The number of oxazole rings is 1. The van der Waals surface area contributed by atoms with Crippen LogP contribution in [0.1, 0.15) is 0 Å². The van der Waals surface area contributed by atoms with Gasteiger partial charge in [-0.25, -0.2) is 4.98 Å². The fraction of sp³-hybridized carbons (Fsp3) is 0. The van der Waals surface area contributed by atoms with Gasteiger partial charge in [0, 0.05) is 10.6 Å². The van der Waals surface area contributed by atoms with Crippen molar-refractivity contribution in [3.63, 3.8) is 0 Å². The Morgan fingerprint density at radius 1 is 1.00 bits per heavy atom. The third-order valence-electron chi connectivity index (χ3n) is 2.73. The van der Waals surface area contributed by atoms with Gasteiger partial charge < -0.3 is 15.9 Å². The summed E-state index contributed by atoms with van der Waals surface area (Å²) in [5.41, 5.74) is 14.3. The van der Waals surface area contributed by atoms with Gasteiger partial charge in [-0.1, -0.05) is 23.2 Å². The molecule has 0 aliphatic carbocycles. The highest BCUT2D eigenvalue weighted by molar-refractivity contribution is 6.35. The van der Waals surface area contributed by atoms with Gasteiger partial charge in [-0.05, 0) is 30.3 Å². The molecule has 0 spiro atoms. The van der Waals surface area contributed by atoms with E-state index >= 15 is 0 Å². The lowest BCUT2D eigenvalue weighted by molar-refractivity contribution is 0.620. The van der Waals surface area contributed by atoms with Gasteiger partial charge in [-0.15, -0.1) is 0 Å². The molecule has 3 aromatic rings. The summed E-state index contributed by atoms with van der Waals surface area (Å²) in [6.45, 7) is 0. The minimum Gasteiger partial charge on any atom is -0.436 e. The molecule has 0 fully saturated rings. The van der Waals surface area contributed by atoms with E-state index in [0.29, 0.717) is 44.0 Å². The van der Waals surface area contributed by atoms with Crippen molar-refractivity contribution in [3.05, 3.63) is 40.4 Å². The van der Waals surface area contributed by atoms with Crippen LogP contribution in [0.4, 0.5) is 11.4 Å². The Morgan fingerprint density at radius 3 is 2.37 bits per heavy atom. The van der Waals surface area contributed by atoms with Crippen molar-refractivity contribution in [2.45, 2.75) is 0 Å².